The molecule has 3 heterocycles. The summed E-state index contributed by atoms with van der Waals surface area (Å²) in [6.45, 7) is 14.4. The third-order valence-electron chi connectivity index (χ3n) is 11.5. The minimum atomic E-state index is 0.766. The average Bonchev–Trinajstić information content (AvgIpc) is 3.28. The van der Waals surface area contributed by atoms with Gasteiger partial charge in [0, 0.05) is 77.5 Å². The lowest BCUT2D eigenvalue weighted by molar-refractivity contribution is 0.233. The van der Waals surface area contributed by atoms with E-state index in [2.05, 4.69) is 163 Å². The Labute approximate surface area is 358 Å². The van der Waals surface area contributed by atoms with Crippen LogP contribution in [0.3, 0.4) is 0 Å². The predicted molar refractivity (Wildman–Crippen MR) is 245 cm³/mol. The maximum atomic E-state index is 4.82. The molecule has 0 amide bonds. The molecular formula is C54H60N6. The van der Waals surface area contributed by atoms with E-state index in [4.69, 9.17) is 15.0 Å². The third-order valence-corrected chi connectivity index (χ3v) is 11.5. The molecule has 0 saturated carbocycles. The van der Waals surface area contributed by atoms with Crippen molar-refractivity contribution in [3.8, 4) is 0 Å². The zero-order chi connectivity index (χ0) is 41.4. The van der Waals surface area contributed by atoms with E-state index >= 15 is 0 Å². The molecule has 0 N–H and O–H groups in total. The van der Waals surface area contributed by atoms with Crippen molar-refractivity contribution in [2.24, 2.45) is 0 Å². The van der Waals surface area contributed by atoms with E-state index in [9.17, 15) is 0 Å². The monoisotopic (exact) mass is 792 g/mol. The van der Waals surface area contributed by atoms with Crippen molar-refractivity contribution in [2.75, 3.05) is 0 Å². The van der Waals surface area contributed by atoms with E-state index in [1.54, 1.807) is 0 Å². The highest BCUT2D eigenvalue weighted by atomic mass is 15.1. The second-order valence-electron chi connectivity index (χ2n) is 15.8. The van der Waals surface area contributed by atoms with Gasteiger partial charge in [-0.1, -0.05) is 130 Å². The normalized spacial score (nSPS) is 11.5. The van der Waals surface area contributed by atoms with Gasteiger partial charge < -0.3 is 0 Å². The van der Waals surface area contributed by atoms with Crippen LogP contribution in [0.2, 0.25) is 0 Å². The van der Waals surface area contributed by atoms with Crippen LogP contribution < -0.4 is 0 Å². The Morgan fingerprint density at radius 1 is 0.283 bits per heavy atom. The maximum absolute atomic E-state index is 4.82. The van der Waals surface area contributed by atoms with Gasteiger partial charge in [0.15, 0.2) is 0 Å². The molecule has 0 atom stereocenters. The Balaban J connectivity index is 1.38. The summed E-state index contributed by atoms with van der Waals surface area (Å²) >= 11 is 0. The van der Waals surface area contributed by atoms with Gasteiger partial charge >= 0.3 is 0 Å². The highest BCUT2D eigenvalue weighted by Gasteiger charge is 2.26. The fraction of sp³-hybridized carbons (Fsp3) is 0.278. The summed E-state index contributed by atoms with van der Waals surface area (Å²) in [7, 11) is 0. The van der Waals surface area contributed by atoms with Crippen molar-refractivity contribution in [3.63, 3.8) is 0 Å². The lowest BCUT2D eigenvalue weighted by Crippen LogP contribution is -2.30. The van der Waals surface area contributed by atoms with Gasteiger partial charge in [-0.15, -0.1) is 0 Å². The highest BCUT2D eigenvalue weighted by Crippen LogP contribution is 2.35. The van der Waals surface area contributed by atoms with Crippen LogP contribution in [0.15, 0.2) is 164 Å². The fourth-order valence-corrected chi connectivity index (χ4v) is 8.81. The molecule has 7 aromatic rings. The largest absolute Gasteiger partial charge is 0.289 e. The minimum absolute atomic E-state index is 0.766. The quantitative estimate of drug-likeness (QED) is 0.0722. The zero-order valence-corrected chi connectivity index (χ0v) is 35.8. The van der Waals surface area contributed by atoms with Gasteiger partial charge in [0.05, 0.1) is 17.1 Å². The third kappa shape index (κ3) is 11.7. The van der Waals surface area contributed by atoms with E-state index in [0.717, 1.165) is 95.2 Å². The van der Waals surface area contributed by atoms with E-state index in [0.29, 0.717) is 0 Å². The number of pyridine rings is 3. The number of aromatic nitrogens is 3. The molecular weight excluding hydrogens is 733 g/mol. The summed E-state index contributed by atoms with van der Waals surface area (Å²) in [5.74, 6) is 0. The van der Waals surface area contributed by atoms with Crippen LogP contribution in [0.5, 0.6) is 0 Å². The molecule has 0 bridgehead atoms. The van der Waals surface area contributed by atoms with Crippen molar-refractivity contribution < 1.29 is 0 Å². The maximum Gasteiger partial charge on any atom is 0.0544 e. The molecule has 60 heavy (non-hydrogen) atoms. The van der Waals surface area contributed by atoms with Gasteiger partial charge in [0.2, 0.25) is 0 Å². The van der Waals surface area contributed by atoms with Crippen LogP contribution in [-0.2, 0) is 78.2 Å². The molecule has 0 saturated heterocycles. The van der Waals surface area contributed by atoms with Gasteiger partial charge in [0.25, 0.3) is 0 Å². The van der Waals surface area contributed by atoms with E-state index in [1.165, 1.54) is 50.1 Å². The summed E-state index contributed by atoms with van der Waals surface area (Å²) in [4.78, 5) is 22.3. The smallest absolute Gasteiger partial charge is 0.0544 e. The van der Waals surface area contributed by atoms with Gasteiger partial charge in [-0.25, -0.2) is 0 Å². The van der Waals surface area contributed by atoms with Crippen molar-refractivity contribution in [2.45, 2.75) is 98.9 Å². The van der Waals surface area contributed by atoms with Crippen LogP contribution in [-0.4, -0.2) is 29.7 Å². The molecule has 306 valence electrons. The Morgan fingerprint density at radius 2 is 0.550 bits per heavy atom. The first-order valence-corrected chi connectivity index (χ1v) is 21.8. The molecule has 3 aromatic heterocycles. The second-order valence-corrected chi connectivity index (χ2v) is 15.8. The van der Waals surface area contributed by atoms with E-state index in [1.807, 2.05) is 36.8 Å². The minimum Gasteiger partial charge on any atom is -0.289 e. The first-order valence-electron chi connectivity index (χ1n) is 21.8. The molecule has 0 radical (unpaired) electrons. The molecule has 6 nitrogen and oxygen atoms in total. The Bertz CT molecular complexity index is 1890. The summed E-state index contributed by atoms with van der Waals surface area (Å²) < 4.78 is 0. The molecule has 6 heteroatoms. The van der Waals surface area contributed by atoms with Crippen LogP contribution in [0, 0.1) is 0 Å². The summed E-state index contributed by atoms with van der Waals surface area (Å²) in [5, 5.41) is 0. The van der Waals surface area contributed by atoms with Gasteiger partial charge in [-0.3, -0.25) is 29.7 Å². The van der Waals surface area contributed by atoms with Crippen LogP contribution in [0.25, 0.3) is 0 Å². The number of hydrogen-bond donors (Lipinski definition) is 0. The van der Waals surface area contributed by atoms with Crippen molar-refractivity contribution in [3.05, 3.63) is 231 Å². The summed E-state index contributed by atoms with van der Waals surface area (Å²) in [5.41, 5.74) is 16.1. The van der Waals surface area contributed by atoms with Crippen LogP contribution in [0.1, 0.15) is 87.9 Å². The number of hydrogen-bond acceptors (Lipinski definition) is 6. The van der Waals surface area contributed by atoms with Crippen molar-refractivity contribution >= 4 is 0 Å². The van der Waals surface area contributed by atoms with Gasteiger partial charge in [0.1, 0.15) is 0 Å². The fourth-order valence-electron chi connectivity index (χ4n) is 8.81. The standard InChI is InChI=1S/C54H60N6/c1-4-49-52(40-58(34-43-22-10-7-11-23-43)37-46-28-16-19-31-55-46)50(5-2)54(42-60(36-45-26-14-9-15-27-45)39-48-30-18-21-33-57-48)51(6-3)53(49)41-59(35-44-24-12-8-13-25-44)38-47-29-17-20-32-56-47/h7-33H,4-6,34-42H2,1-3H3. The molecule has 7 rings (SSSR count). The molecule has 4 aromatic carbocycles. The van der Waals surface area contributed by atoms with E-state index in [-0.39, 0.29) is 0 Å². The Kier molecular flexibility index (Phi) is 15.5. The molecule has 0 fully saturated rings. The average molecular weight is 793 g/mol. The number of nitrogens with zero attached hydrogens (tertiary/aromatic N) is 6. The number of rotatable bonds is 21. The Morgan fingerprint density at radius 3 is 0.783 bits per heavy atom. The molecule has 0 aliphatic heterocycles. The first-order chi connectivity index (χ1) is 29.6. The van der Waals surface area contributed by atoms with Crippen molar-refractivity contribution in [1.29, 1.82) is 0 Å². The molecule has 0 aliphatic carbocycles. The first kappa shape index (κ1) is 42.3. The van der Waals surface area contributed by atoms with Gasteiger partial charge in [-0.2, -0.15) is 0 Å². The predicted octanol–water partition coefficient (Wildman–Crippen LogP) is 11.2. The Hall–Kier alpha value is -5.79. The van der Waals surface area contributed by atoms with E-state index < -0.39 is 0 Å². The second kappa shape index (κ2) is 22.0. The molecule has 0 unspecified atom stereocenters. The lowest BCUT2D eigenvalue weighted by Gasteiger charge is -2.33. The summed E-state index contributed by atoms with van der Waals surface area (Å²) in [6, 6.07) is 51.6. The van der Waals surface area contributed by atoms with Gasteiger partial charge in [-0.05, 0) is 106 Å². The lowest BCUT2D eigenvalue weighted by atomic mass is 9.82. The molecule has 0 aliphatic rings. The highest BCUT2D eigenvalue weighted by molar-refractivity contribution is 5.53. The zero-order valence-electron chi connectivity index (χ0n) is 35.8. The van der Waals surface area contributed by atoms with Crippen LogP contribution >= 0.6 is 0 Å². The topological polar surface area (TPSA) is 48.4 Å². The van der Waals surface area contributed by atoms with Crippen LogP contribution in [0.4, 0.5) is 0 Å². The number of benzene rings is 4. The summed E-state index contributed by atoms with van der Waals surface area (Å²) in [6.07, 6.45) is 8.63. The van der Waals surface area contributed by atoms with Crippen molar-refractivity contribution in [1.82, 2.24) is 29.7 Å². The molecule has 0 spiro atoms. The SMILES string of the molecule is CCc1c(CN(Cc2ccccc2)Cc2ccccn2)c(CC)c(CN(Cc2ccccc2)Cc2ccccn2)c(CC)c1CN(Cc1ccccc1)Cc1ccccn1.